The van der Waals surface area contributed by atoms with E-state index in [-0.39, 0.29) is 24.6 Å². The minimum atomic E-state index is -0.868. The summed E-state index contributed by atoms with van der Waals surface area (Å²) in [7, 11) is 1.59. The van der Waals surface area contributed by atoms with Crippen LogP contribution in [-0.2, 0) is 11.2 Å². The Bertz CT molecular complexity index is 897. The minimum absolute atomic E-state index is 0. The SMILES string of the molecule is COc1ccc(-c2cc(CCC(=O)O)c3ccc(F)cc3n2)cc1.Cl. The van der Waals surface area contributed by atoms with Gasteiger partial charge in [-0.2, -0.15) is 0 Å². The fourth-order valence-corrected chi connectivity index (χ4v) is 2.63. The van der Waals surface area contributed by atoms with E-state index >= 15 is 0 Å². The van der Waals surface area contributed by atoms with Crippen molar-refractivity contribution in [3.63, 3.8) is 0 Å². The average molecular weight is 362 g/mol. The van der Waals surface area contributed by atoms with Gasteiger partial charge < -0.3 is 9.84 Å². The van der Waals surface area contributed by atoms with E-state index in [2.05, 4.69) is 4.98 Å². The summed E-state index contributed by atoms with van der Waals surface area (Å²) < 4.78 is 18.7. The Kier molecular flexibility index (Phi) is 5.93. The lowest BCUT2D eigenvalue weighted by molar-refractivity contribution is -0.136. The van der Waals surface area contributed by atoms with E-state index in [1.165, 1.54) is 12.1 Å². The Hall–Kier alpha value is -2.66. The predicted octanol–water partition coefficient (Wildman–Crippen LogP) is 4.49. The Morgan fingerprint density at radius 2 is 1.88 bits per heavy atom. The Balaban J connectivity index is 0.00000225. The first-order valence-corrected chi connectivity index (χ1v) is 7.52. The number of rotatable bonds is 5. The van der Waals surface area contributed by atoms with E-state index in [0.29, 0.717) is 17.6 Å². The predicted molar refractivity (Wildman–Crippen MR) is 96.9 cm³/mol. The van der Waals surface area contributed by atoms with Crippen molar-refractivity contribution in [2.24, 2.45) is 0 Å². The number of aromatic nitrogens is 1. The molecular weight excluding hydrogens is 345 g/mol. The molecule has 0 saturated carbocycles. The molecule has 0 bridgehead atoms. The van der Waals surface area contributed by atoms with Crippen molar-refractivity contribution in [2.45, 2.75) is 12.8 Å². The molecule has 0 amide bonds. The summed E-state index contributed by atoms with van der Waals surface area (Å²) in [5.74, 6) is -0.504. The molecule has 0 spiro atoms. The van der Waals surface area contributed by atoms with Gasteiger partial charge >= 0.3 is 5.97 Å². The number of carboxylic acids is 1. The molecule has 1 aromatic heterocycles. The number of pyridine rings is 1. The zero-order valence-electron chi connectivity index (χ0n) is 13.5. The number of carboxylic acid groups (broad SMARTS) is 1. The number of halogens is 2. The van der Waals surface area contributed by atoms with Gasteiger partial charge in [-0.05, 0) is 54.4 Å². The highest BCUT2D eigenvalue weighted by molar-refractivity contribution is 5.86. The van der Waals surface area contributed by atoms with Crippen molar-refractivity contribution in [1.29, 1.82) is 0 Å². The van der Waals surface area contributed by atoms with Crippen LogP contribution >= 0.6 is 12.4 Å². The van der Waals surface area contributed by atoms with Crippen LogP contribution in [0.3, 0.4) is 0 Å². The van der Waals surface area contributed by atoms with Crippen molar-refractivity contribution >= 4 is 29.3 Å². The van der Waals surface area contributed by atoms with E-state index in [4.69, 9.17) is 9.84 Å². The average Bonchev–Trinajstić information content (AvgIpc) is 2.59. The maximum Gasteiger partial charge on any atom is 0.303 e. The molecule has 25 heavy (non-hydrogen) atoms. The van der Waals surface area contributed by atoms with Crippen LogP contribution in [0.1, 0.15) is 12.0 Å². The monoisotopic (exact) mass is 361 g/mol. The molecule has 1 N–H and O–H groups in total. The van der Waals surface area contributed by atoms with E-state index in [0.717, 1.165) is 22.3 Å². The Morgan fingerprint density at radius 1 is 1.16 bits per heavy atom. The number of hydrogen-bond acceptors (Lipinski definition) is 3. The Morgan fingerprint density at radius 3 is 2.52 bits per heavy atom. The summed E-state index contributed by atoms with van der Waals surface area (Å²) in [5.41, 5.74) is 2.90. The second-order valence-corrected chi connectivity index (χ2v) is 5.45. The lowest BCUT2D eigenvalue weighted by Gasteiger charge is -2.10. The first-order valence-electron chi connectivity index (χ1n) is 7.52. The van der Waals surface area contributed by atoms with Crippen LogP contribution < -0.4 is 4.74 Å². The van der Waals surface area contributed by atoms with E-state index in [1.807, 2.05) is 30.3 Å². The summed E-state index contributed by atoms with van der Waals surface area (Å²) in [4.78, 5) is 15.4. The molecule has 0 aliphatic rings. The zero-order chi connectivity index (χ0) is 17.1. The summed E-state index contributed by atoms with van der Waals surface area (Å²) >= 11 is 0. The van der Waals surface area contributed by atoms with Crippen molar-refractivity contribution in [3.05, 3.63) is 59.9 Å². The fraction of sp³-hybridized carbons (Fsp3) is 0.158. The third-order valence-corrected chi connectivity index (χ3v) is 3.85. The molecule has 4 nitrogen and oxygen atoms in total. The van der Waals surface area contributed by atoms with E-state index in [9.17, 15) is 9.18 Å². The molecule has 0 radical (unpaired) electrons. The van der Waals surface area contributed by atoms with E-state index < -0.39 is 5.97 Å². The number of fused-ring (bicyclic) bond motifs is 1. The van der Waals surface area contributed by atoms with Gasteiger partial charge in [-0.1, -0.05) is 0 Å². The lowest BCUT2D eigenvalue weighted by atomic mass is 10.0. The maximum atomic E-state index is 13.6. The van der Waals surface area contributed by atoms with Gasteiger partial charge in [0.15, 0.2) is 0 Å². The molecule has 0 atom stereocenters. The van der Waals surface area contributed by atoms with E-state index in [1.54, 1.807) is 13.2 Å². The molecule has 0 aliphatic heterocycles. The summed E-state index contributed by atoms with van der Waals surface area (Å²) in [5, 5.41) is 9.72. The van der Waals surface area contributed by atoms with Crippen LogP contribution in [-0.4, -0.2) is 23.2 Å². The number of nitrogens with zero attached hydrogens (tertiary/aromatic N) is 1. The highest BCUT2D eigenvalue weighted by Gasteiger charge is 2.10. The first kappa shape index (κ1) is 18.7. The van der Waals surface area contributed by atoms with Crippen LogP contribution in [0.2, 0.25) is 0 Å². The highest BCUT2D eigenvalue weighted by atomic mass is 35.5. The second-order valence-electron chi connectivity index (χ2n) is 5.45. The van der Waals surface area contributed by atoms with Crippen molar-refractivity contribution in [2.75, 3.05) is 7.11 Å². The number of aliphatic carboxylic acids is 1. The molecule has 3 aromatic rings. The molecular formula is C19H17ClFNO3. The molecule has 6 heteroatoms. The third kappa shape index (κ3) is 4.25. The van der Waals surface area contributed by atoms with Crippen molar-refractivity contribution in [3.8, 4) is 17.0 Å². The van der Waals surface area contributed by atoms with Gasteiger partial charge in [0.25, 0.3) is 0 Å². The third-order valence-electron chi connectivity index (χ3n) is 3.85. The molecule has 0 unspecified atom stereocenters. The topological polar surface area (TPSA) is 59.4 Å². The molecule has 1 heterocycles. The molecule has 130 valence electrons. The summed E-state index contributed by atoms with van der Waals surface area (Å²) in [6.45, 7) is 0. The molecule has 2 aromatic carbocycles. The quantitative estimate of drug-likeness (QED) is 0.727. The summed E-state index contributed by atoms with van der Waals surface area (Å²) in [6, 6.07) is 13.6. The molecule has 0 aliphatic carbocycles. The van der Waals surface area contributed by atoms with Gasteiger partial charge in [0, 0.05) is 23.4 Å². The van der Waals surface area contributed by atoms with Gasteiger partial charge in [0.2, 0.25) is 0 Å². The maximum absolute atomic E-state index is 13.6. The second kappa shape index (κ2) is 7.94. The van der Waals surface area contributed by atoms with Crippen LogP contribution in [0.15, 0.2) is 48.5 Å². The Labute approximate surface area is 150 Å². The number of benzene rings is 2. The van der Waals surface area contributed by atoms with Crippen LogP contribution in [0, 0.1) is 5.82 Å². The van der Waals surface area contributed by atoms with Crippen molar-refractivity contribution < 1.29 is 19.0 Å². The van der Waals surface area contributed by atoms with Gasteiger partial charge in [0.05, 0.1) is 18.3 Å². The van der Waals surface area contributed by atoms with Crippen LogP contribution in [0.4, 0.5) is 4.39 Å². The molecule has 3 rings (SSSR count). The lowest BCUT2D eigenvalue weighted by Crippen LogP contribution is -2.00. The fourth-order valence-electron chi connectivity index (χ4n) is 2.63. The minimum Gasteiger partial charge on any atom is -0.497 e. The number of ether oxygens (including phenoxy) is 1. The largest absolute Gasteiger partial charge is 0.497 e. The van der Waals surface area contributed by atoms with Crippen LogP contribution in [0.5, 0.6) is 5.75 Å². The highest BCUT2D eigenvalue weighted by Crippen LogP contribution is 2.27. The molecule has 0 fully saturated rings. The van der Waals surface area contributed by atoms with Gasteiger partial charge in [-0.15, -0.1) is 12.4 Å². The van der Waals surface area contributed by atoms with Gasteiger partial charge in [0.1, 0.15) is 11.6 Å². The standard InChI is InChI=1S/C19H16FNO3.ClH/c1-24-15-6-2-12(3-7-15)17-10-13(4-9-19(22)23)16-8-5-14(20)11-18(16)21-17;/h2-3,5-8,10-11H,4,9H2,1H3,(H,22,23);1H. The zero-order valence-corrected chi connectivity index (χ0v) is 14.3. The van der Waals surface area contributed by atoms with Gasteiger partial charge in [-0.25, -0.2) is 9.37 Å². The summed E-state index contributed by atoms with van der Waals surface area (Å²) in [6.07, 6.45) is 0.377. The number of aryl methyl sites for hydroxylation is 1. The number of carbonyl (C=O) groups is 1. The van der Waals surface area contributed by atoms with Crippen LogP contribution in [0.25, 0.3) is 22.2 Å². The first-order chi connectivity index (χ1) is 11.6. The smallest absolute Gasteiger partial charge is 0.303 e. The molecule has 0 saturated heterocycles. The van der Waals surface area contributed by atoms with Crippen molar-refractivity contribution in [1.82, 2.24) is 4.98 Å². The van der Waals surface area contributed by atoms with Gasteiger partial charge in [-0.3, -0.25) is 4.79 Å². The normalized spacial score (nSPS) is 10.3. The number of methoxy groups -OCH3 is 1. The number of hydrogen-bond donors (Lipinski definition) is 1.